The molecule has 2 heterocycles. The maximum Gasteiger partial charge on any atom is 0.163 e. The van der Waals surface area contributed by atoms with Crippen molar-refractivity contribution >= 4 is 34.3 Å². The molecule has 0 atom stereocenters. The molecule has 1 N–H and O–H groups in total. The van der Waals surface area contributed by atoms with Gasteiger partial charge in [0.05, 0.1) is 23.2 Å². The Morgan fingerprint density at radius 3 is 2.61 bits per heavy atom. The number of hydrogen-bond acceptors (Lipinski definition) is 7. The number of aryl methyl sites for hydroxylation is 1. The molecular weight excluding hydrogens is 534 g/mol. The average Bonchev–Trinajstić information content (AvgIpc) is 3.71. The fourth-order valence-electron chi connectivity index (χ4n) is 5.49. The highest BCUT2D eigenvalue weighted by Gasteiger charge is 2.25. The van der Waals surface area contributed by atoms with Crippen LogP contribution in [0, 0.1) is 18.8 Å². The number of rotatable bonds is 11. The van der Waals surface area contributed by atoms with E-state index in [1.165, 1.54) is 12.8 Å². The summed E-state index contributed by atoms with van der Waals surface area (Å²) < 4.78 is 19.5. The third-order valence-corrected chi connectivity index (χ3v) is 8.86. The summed E-state index contributed by atoms with van der Waals surface area (Å²) >= 11 is 1.62. The molecule has 1 aliphatic heterocycles. The topological polar surface area (TPSA) is 74.6 Å². The lowest BCUT2D eigenvalue weighted by molar-refractivity contribution is 0.0699. The van der Waals surface area contributed by atoms with Gasteiger partial charge < -0.3 is 19.5 Å². The number of nitrogens with zero attached hydrogens (tertiary/aromatic N) is 2. The van der Waals surface area contributed by atoms with Gasteiger partial charge in [0.2, 0.25) is 0 Å². The molecule has 3 aromatic carbocycles. The lowest BCUT2D eigenvalue weighted by Gasteiger charge is -2.23. The van der Waals surface area contributed by atoms with E-state index in [0.29, 0.717) is 18.3 Å². The van der Waals surface area contributed by atoms with Crippen LogP contribution in [0.2, 0.25) is 0 Å². The van der Waals surface area contributed by atoms with E-state index in [2.05, 4.69) is 16.0 Å². The van der Waals surface area contributed by atoms with Gasteiger partial charge in [-0.05, 0) is 92.7 Å². The number of ketones is 1. The minimum Gasteiger partial charge on any atom is -0.497 e. The van der Waals surface area contributed by atoms with Gasteiger partial charge in [0.25, 0.3) is 0 Å². The Bertz CT molecular complexity index is 1560. The summed E-state index contributed by atoms with van der Waals surface area (Å²) in [6.07, 6.45) is 8.99. The van der Waals surface area contributed by atoms with Gasteiger partial charge in [0, 0.05) is 49.6 Å². The second-order valence-electron chi connectivity index (χ2n) is 11.1. The third-order valence-electron chi connectivity index (χ3n) is 8.11. The highest BCUT2D eigenvalue weighted by molar-refractivity contribution is 7.98. The summed E-state index contributed by atoms with van der Waals surface area (Å²) in [4.78, 5) is 18.7. The number of nitrogens with one attached hydrogen (secondary N) is 1. The van der Waals surface area contributed by atoms with Crippen LogP contribution in [-0.2, 0) is 4.74 Å². The summed E-state index contributed by atoms with van der Waals surface area (Å²) in [5.74, 6) is 3.66. The van der Waals surface area contributed by atoms with E-state index in [0.717, 1.165) is 88.3 Å². The number of Topliss-reactive ketones (excluding diaryl/α,β-unsaturated/α-hetero) is 1. The number of carbonyl (C=O) groups excluding carboxylic acids is 1. The third kappa shape index (κ3) is 6.23. The number of methoxy groups -OCH3 is 1. The summed E-state index contributed by atoms with van der Waals surface area (Å²) in [6, 6.07) is 16.0. The van der Waals surface area contributed by atoms with Crippen molar-refractivity contribution < 1.29 is 19.0 Å². The van der Waals surface area contributed by atoms with E-state index >= 15 is 0 Å². The van der Waals surface area contributed by atoms with Crippen molar-refractivity contribution in [2.75, 3.05) is 38.4 Å². The molecule has 214 valence electrons. The van der Waals surface area contributed by atoms with Crippen LogP contribution >= 0.6 is 11.8 Å². The van der Waals surface area contributed by atoms with Crippen molar-refractivity contribution in [2.24, 2.45) is 11.8 Å². The number of thioether (sulfide) groups is 1. The van der Waals surface area contributed by atoms with E-state index in [9.17, 15) is 4.79 Å². The largest absolute Gasteiger partial charge is 0.497 e. The molecule has 0 radical (unpaired) electrons. The molecule has 0 spiro atoms. The average molecular weight is 572 g/mol. The summed E-state index contributed by atoms with van der Waals surface area (Å²) in [5, 5.41) is 3.67. The van der Waals surface area contributed by atoms with Gasteiger partial charge in [0.1, 0.15) is 29.1 Å². The van der Waals surface area contributed by atoms with Crippen molar-refractivity contribution in [3.63, 3.8) is 0 Å². The standard InChI is InChI=1S/C33H37N3O4S/c1-21-14-24(6-8-27(21)30(37)15-22-4-5-22)36-20-35-33-28(34-19-23-10-12-39-13-11-23)16-26(17-29(33)36)40-31-9-7-25(38-2)18-32(31)41-3/h6-9,14,16-18,20,22-23,34H,4-5,10-13,15,19H2,1-3H3. The van der Waals surface area contributed by atoms with Crippen LogP contribution in [0.5, 0.6) is 17.2 Å². The van der Waals surface area contributed by atoms with Crippen LogP contribution in [0.3, 0.4) is 0 Å². The second kappa shape index (κ2) is 12.2. The van der Waals surface area contributed by atoms with Crippen molar-refractivity contribution in [1.82, 2.24) is 9.55 Å². The first-order valence-corrected chi connectivity index (χ1v) is 15.6. The number of benzene rings is 3. The van der Waals surface area contributed by atoms with Gasteiger partial charge in [0.15, 0.2) is 5.78 Å². The Morgan fingerprint density at radius 1 is 1.05 bits per heavy atom. The minimum atomic E-state index is 0.242. The zero-order chi connectivity index (χ0) is 28.3. The van der Waals surface area contributed by atoms with Gasteiger partial charge in [-0.25, -0.2) is 4.98 Å². The summed E-state index contributed by atoms with van der Waals surface area (Å²) in [5.41, 5.74) is 5.54. The number of carbonyl (C=O) groups is 1. The molecule has 0 bridgehead atoms. The Balaban J connectivity index is 1.36. The second-order valence-corrected chi connectivity index (χ2v) is 11.9. The quantitative estimate of drug-likeness (QED) is 0.146. The zero-order valence-corrected chi connectivity index (χ0v) is 24.8. The number of anilines is 1. The number of ether oxygens (including phenoxy) is 3. The zero-order valence-electron chi connectivity index (χ0n) is 23.9. The molecule has 2 aliphatic rings. The maximum absolute atomic E-state index is 12.8. The fourth-order valence-corrected chi connectivity index (χ4v) is 6.03. The van der Waals surface area contributed by atoms with Gasteiger partial charge in [-0.2, -0.15) is 0 Å². The lowest BCUT2D eigenvalue weighted by atomic mass is 10.00. The minimum absolute atomic E-state index is 0.242. The van der Waals surface area contributed by atoms with E-state index in [4.69, 9.17) is 19.2 Å². The van der Waals surface area contributed by atoms with E-state index in [1.807, 2.05) is 62.0 Å². The molecule has 1 aromatic heterocycles. The lowest BCUT2D eigenvalue weighted by Crippen LogP contribution is -2.22. The number of hydrogen-bond donors (Lipinski definition) is 1. The van der Waals surface area contributed by atoms with E-state index < -0.39 is 0 Å². The molecule has 7 nitrogen and oxygen atoms in total. The van der Waals surface area contributed by atoms with E-state index in [1.54, 1.807) is 18.9 Å². The molecule has 1 saturated heterocycles. The van der Waals surface area contributed by atoms with Crippen LogP contribution in [-0.4, -0.2) is 48.5 Å². The molecule has 2 fully saturated rings. The summed E-state index contributed by atoms with van der Waals surface area (Å²) in [7, 11) is 1.67. The first-order valence-electron chi connectivity index (χ1n) is 14.4. The molecule has 0 unspecified atom stereocenters. The molecular formula is C33H37N3O4S. The predicted molar refractivity (Wildman–Crippen MR) is 164 cm³/mol. The Kier molecular flexibility index (Phi) is 8.21. The fraction of sp³-hybridized carbons (Fsp3) is 0.394. The smallest absolute Gasteiger partial charge is 0.163 e. The van der Waals surface area contributed by atoms with Crippen molar-refractivity contribution in [3.05, 3.63) is 66.0 Å². The van der Waals surface area contributed by atoms with Crippen molar-refractivity contribution in [1.29, 1.82) is 0 Å². The molecule has 4 aromatic rings. The van der Waals surface area contributed by atoms with Crippen LogP contribution in [0.1, 0.15) is 48.0 Å². The normalized spacial score (nSPS) is 15.7. The highest BCUT2D eigenvalue weighted by atomic mass is 32.2. The van der Waals surface area contributed by atoms with Gasteiger partial charge in [-0.15, -0.1) is 11.8 Å². The number of fused-ring (bicyclic) bond motifs is 1. The van der Waals surface area contributed by atoms with E-state index in [-0.39, 0.29) is 5.78 Å². The van der Waals surface area contributed by atoms with Crippen LogP contribution in [0.15, 0.2) is 59.8 Å². The molecule has 6 rings (SSSR count). The first-order chi connectivity index (χ1) is 20.0. The Labute approximate surface area is 245 Å². The Hall–Kier alpha value is -3.49. The number of imidazole rings is 1. The monoisotopic (exact) mass is 571 g/mol. The van der Waals surface area contributed by atoms with Gasteiger partial charge in [-0.3, -0.25) is 9.36 Å². The SMILES string of the molecule is COc1ccc(Oc2cc(NCC3CCOCC3)c3ncn(-c4ccc(C(=O)CC5CC5)c(C)c4)c3c2)c(SC)c1. The Morgan fingerprint density at radius 2 is 1.88 bits per heavy atom. The van der Waals surface area contributed by atoms with Gasteiger partial charge >= 0.3 is 0 Å². The van der Waals surface area contributed by atoms with Crippen molar-refractivity contribution in [2.45, 2.75) is 43.9 Å². The molecule has 41 heavy (non-hydrogen) atoms. The maximum atomic E-state index is 12.8. The van der Waals surface area contributed by atoms with Crippen LogP contribution < -0.4 is 14.8 Å². The first kappa shape index (κ1) is 27.7. The van der Waals surface area contributed by atoms with Gasteiger partial charge in [-0.1, -0.05) is 0 Å². The molecule has 1 saturated carbocycles. The van der Waals surface area contributed by atoms with Crippen LogP contribution in [0.25, 0.3) is 16.7 Å². The number of aromatic nitrogens is 2. The predicted octanol–water partition coefficient (Wildman–Crippen LogP) is 7.68. The molecule has 0 amide bonds. The van der Waals surface area contributed by atoms with Crippen molar-refractivity contribution in [3.8, 4) is 22.9 Å². The molecule has 8 heteroatoms. The van der Waals surface area contributed by atoms with Crippen LogP contribution in [0.4, 0.5) is 5.69 Å². The molecule has 1 aliphatic carbocycles. The summed E-state index contributed by atoms with van der Waals surface area (Å²) in [6.45, 7) is 4.50. The highest BCUT2D eigenvalue weighted by Crippen LogP contribution is 2.38.